The third-order valence-corrected chi connectivity index (χ3v) is 2.90. The number of hydrogen-bond donors (Lipinski definition) is 0. The van der Waals surface area contributed by atoms with Gasteiger partial charge in [-0.2, -0.15) is 0 Å². The number of nitrogens with zero attached hydrogens (tertiary/aromatic N) is 2. The van der Waals surface area contributed by atoms with Crippen LogP contribution in [0, 0.1) is 12.8 Å². The molecule has 0 aliphatic heterocycles. The van der Waals surface area contributed by atoms with Gasteiger partial charge in [-0.3, -0.25) is 0 Å². The molecule has 96 valence electrons. The molecule has 3 nitrogen and oxygen atoms in total. The molecule has 17 heavy (non-hydrogen) atoms. The predicted molar refractivity (Wildman–Crippen MR) is 75.6 cm³/mol. The highest BCUT2D eigenvalue weighted by molar-refractivity contribution is 9.10. The van der Waals surface area contributed by atoms with E-state index >= 15 is 0 Å². The van der Waals surface area contributed by atoms with Crippen LogP contribution in [0.2, 0.25) is 0 Å². The maximum absolute atomic E-state index is 5.16. The van der Waals surface area contributed by atoms with E-state index in [2.05, 4.69) is 52.7 Å². The summed E-state index contributed by atoms with van der Waals surface area (Å²) in [5.41, 5.74) is 1.19. The second-order valence-corrected chi connectivity index (χ2v) is 5.54. The number of pyridine rings is 1. The van der Waals surface area contributed by atoms with Crippen molar-refractivity contribution in [1.29, 1.82) is 0 Å². The van der Waals surface area contributed by atoms with Crippen LogP contribution in [0.5, 0.6) is 0 Å². The number of methoxy groups -OCH3 is 1. The number of aromatic nitrogens is 1. The average Bonchev–Trinajstić information content (AvgIpc) is 2.24. The van der Waals surface area contributed by atoms with Crippen molar-refractivity contribution in [2.24, 2.45) is 5.92 Å². The van der Waals surface area contributed by atoms with Crippen LogP contribution in [0.4, 0.5) is 5.82 Å². The quantitative estimate of drug-likeness (QED) is 0.806. The van der Waals surface area contributed by atoms with E-state index in [0.29, 0.717) is 5.92 Å². The number of anilines is 1. The summed E-state index contributed by atoms with van der Waals surface area (Å²) in [6.45, 7) is 9.13. The van der Waals surface area contributed by atoms with E-state index in [0.717, 1.165) is 30.0 Å². The van der Waals surface area contributed by atoms with Gasteiger partial charge in [-0.05, 0) is 40.4 Å². The molecule has 1 aromatic heterocycles. The van der Waals surface area contributed by atoms with E-state index in [4.69, 9.17) is 4.74 Å². The SMILES string of the molecule is COCCN(CC(C)C)c1ncc(Br)cc1C. The Morgan fingerprint density at radius 1 is 1.47 bits per heavy atom. The fourth-order valence-corrected chi connectivity index (χ4v) is 2.24. The van der Waals surface area contributed by atoms with Crippen LogP contribution < -0.4 is 4.90 Å². The largest absolute Gasteiger partial charge is 0.383 e. The Kier molecular flexibility index (Phi) is 5.92. The van der Waals surface area contributed by atoms with Gasteiger partial charge in [0.15, 0.2) is 0 Å². The van der Waals surface area contributed by atoms with Gasteiger partial charge in [0.1, 0.15) is 5.82 Å². The molecule has 0 radical (unpaired) electrons. The topological polar surface area (TPSA) is 25.4 Å². The number of ether oxygens (including phenoxy) is 1. The second-order valence-electron chi connectivity index (χ2n) is 4.63. The lowest BCUT2D eigenvalue weighted by atomic mass is 10.2. The first-order chi connectivity index (χ1) is 8.04. The summed E-state index contributed by atoms with van der Waals surface area (Å²) in [5, 5.41) is 0. The van der Waals surface area contributed by atoms with E-state index in [-0.39, 0.29) is 0 Å². The summed E-state index contributed by atoms with van der Waals surface area (Å²) >= 11 is 3.44. The van der Waals surface area contributed by atoms with Gasteiger partial charge in [0.2, 0.25) is 0 Å². The molecule has 4 heteroatoms. The van der Waals surface area contributed by atoms with Crippen molar-refractivity contribution in [3.8, 4) is 0 Å². The normalized spacial score (nSPS) is 10.9. The van der Waals surface area contributed by atoms with E-state index in [1.165, 1.54) is 5.56 Å². The summed E-state index contributed by atoms with van der Waals surface area (Å²) in [6.07, 6.45) is 1.85. The molecule has 0 aliphatic rings. The molecular weight excluding hydrogens is 280 g/mol. The number of hydrogen-bond acceptors (Lipinski definition) is 3. The molecule has 0 atom stereocenters. The van der Waals surface area contributed by atoms with Gasteiger partial charge in [-0.15, -0.1) is 0 Å². The molecule has 1 rings (SSSR count). The van der Waals surface area contributed by atoms with Crippen molar-refractivity contribution in [3.05, 3.63) is 22.3 Å². The summed E-state index contributed by atoms with van der Waals surface area (Å²) in [7, 11) is 1.73. The van der Waals surface area contributed by atoms with Crippen LogP contribution in [0.1, 0.15) is 19.4 Å². The van der Waals surface area contributed by atoms with Gasteiger partial charge in [0, 0.05) is 30.9 Å². The predicted octanol–water partition coefficient (Wildman–Crippen LogP) is 3.26. The molecule has 0 amide bonds. The highest BCUT2D eigenvalue weighted by atomic mass is 79.9. The molecule has 0 saturated carbocycles. The van der Waals surface area contributed by atoms with Crippen molar-refractivity contribution in [3.63, 3.8) is 0 Å². The molecule has 0 aliphatic carbocycles. The van der Waals surface area contributed by atoms with Gasteiger partial charge in [0.05, 0.1) is 6.61 Å². The van der Waals surface area contributed by atoms with Crippen LogP contribution in [0.3, 0.4) is 0 Å². The number of rotatable bonds is 6. The first kappa shape index (κ1) is 14.5. The Balaban J connectivity index is 2.86. The van der Waals surface area contributed by atoms with Crippen LogP contribution in [0.25, 0.3) is 0 Å². The van der Waals surface area contributed by atoms with Gasteiger partial charge >= 0.3 is 0 Å². The molecule has 0 N–H and O–H groups in total. The Morgan fingerprint density at radius 3 is 2.71 bits per heavy atom. The summed E-state index contributed by atoms with van der Waals surface area (Å²) < 4.78 is 6.18. The Bertz CT molecular complexity index is 355. The van der Waals surface area contributed by atoms with Crippen molar-refractivity contribution in [2.75, 3.05) is 31.7 Å². The van der Waals surface area contributed by atoms with Gasteiger partial charge in [-0.1, -0.05) is 13.8 Å². The van der Waals surface area contributed by atoms with Crippen LogP contribution >= 0.6 is 15.9 Å². The van der Waals surface area contributed by atoms with Crippen molar-refractivity contribution >= 4 is 21.7 Å². The minimum atomic E-state index is 0.608. The highest BCUT2D eigenvalue weighted by Crippen LogP contribution is 2.21. The first-order valence-electron chi connectivity index (χ1n) is 5.90. The fourth-order valence-electron chi connectivity index (χ4n) is 1.79. The lowest BCUT2D eigenvalue weighted by Crippen LogP contribution is -2.32. The fraction of sp³-hybridized carbons (Fsp3) is 0.615. The Hall–Kier alpha value is -0.610. The standard InChI is InChI=1S/C13H21BrN2O/c1-10(2)9-16(5-6-17-4)13-11(3)7-12(14)8-15-13/h7-8,10H,5-6,9H2,1-4H3. The van der Waals surface area contributed by atoms with Crippen molar-refractivity contribution in [2.45, 2.75) is 20.8 Å². The van der Waals surface area contributed by atoms with Crippen molar-refractivity contribution < 1.29 is 4.74 Å². The monoisotopic (exact) mass is 300 g/mol. The number of aryl methyl sites for hydroxylation is 1. The van der Waals surface area contributed by atoms with Gasteiger partial charge in [0.25, 0.3) is 0 Å². The Morgan fingerprint density at radius 2 is 2.18 bits per heavy atom. The minimum absolute atomic E-state index is 0.608. The maximum atomic E-state index is 5.16. The third-order valence-electron chi connectivity index (χ3n) is 2.47. The average molecular weight is 301 g/mol. The highest BCUT2D eigenvalue weighted by Gasteiger charge is 2.12. The second kappa shape index (κ2) is 6.97. The first-order valence-corrected chi connectivity index (χ1v) is 6.70. The zero-order chi connectivity index (χ0) is 12.8. The lowest BCUT2D eigenvalue weighted by Gasteiger charge is -2.26. The van der Waals surface area contributed by atoms with Crippen LogP contribution in [-0.2, 0) is 4.74 Å². The summed E-state index contributed by atoms with van der Waals surface area (Å²) in [6, 6.07) is 2.10. The molecule has 1 heterocycles. The molecule has 1 aromatic rings. The smallest absolute Gasteiger partial charge is 0.131 e. The summed E-state index contributed by atoms with van der Waals surface area (Å²) in [4.78, 5) is 6.80. The molecular formula is C13H21BrN2O. The Labute approximate surface area is 112 Å². The molecule has 0 fully saturated rings. The van der Waals surface area contributed by atoms with Gasteiger partial charge < -0.3 is 9.64 Å². The van der Waals surface area contributed by atoms with Crippen molar-refractivity contribution in [1.82, 2.24) is 4.98 Å². The molecule has 0 saturated heterocycles. The van der Waals surface area contributed by atoms with E-state index in [9.17, 15) is 0 Å². The molecule has 0 spiro atoms. The molecule has 0 unspecified atom stereocenters. The van der Waals surface area contributed by atoms with Crippen LogP contribution in [0.15, 0.2) is 16.7 Å². The number of halogens is 1. The molecule has 0 bridgehead atoms. The van der Waals surface area contributed by atoms with Gasteiger partial charge in [-0.25, -0.2) is 4.98 Å². The third kappa shape index (κ3) is 4.64. The zero-order valence-corrected chi connectivity index (χ0v) is 12.6. The van der Waals surface area contributed by atoms with E-state index < -0.39 is 0 Å². The minimum Gasteiger partial charge on any atom is -0.383 e. The maximum Gasteiger partial charge on any atom is 0.131 e. The van der Waals surface area contributed by atoms with E-state index in [1.807, 2.05) is 6.20 Å². The lowest BCUT2D eigenvalue weighted by molar-refractivity contribution is 0.204. The summed E-state index contributed by atoms with van der Waals surface area (Å²) in [5.74, 6) is 1.66. The zero-order valence-electron chi connectivity index (χ0n) is 11.0. The van der Waals surface area contributed by atoms with Crippen LogP contribution in [-0.4, -0.2) is 31.8 Å². The van der Waals surface area contributed by atoms with E-state index in [1.54, 1.807) is 7.11 Å². The molecule has 0 aromatic carbocycles.